The molecular formula is C12H10N6O3. The number of aryl methyl sites for hydroxylation is 1. The molecule has 0 aliphatic carbocycles. The molecule has 0 saturated carbocycles. The van der Waals surface area contributed by atoms with Crippen LogP contribution in [0, 0.1) is 6.92 Å². The summed E-state index contributed by atoms with van der Waals surface area (Å²) in [5, 5.41) is 16.9. The number of hydrogen-bond donors (Lipinski definition) is 2. The average molecular weight is 286 g/mol. The molecule has 9 nitrogen and oxygen atoms in total. The predicted molar refractivity (Wildman–Crippen MR) is 71.1 cm³/mol. The molecule has 21 heavy (non-hydrogen) atoms. The van der Waals surface area contributed by atoms with Gasteiger partial charge in [0.2, 0.25) is 23.8 Å². The number of carbonyl (C=O) groups excluding carboxylic acids is 1. The maximum Gasteiger partial charge on any atom is 0.281 e. The number of hydrogen-bond acceptors (Lipinski definition) is 8. The van der Waals surface area contributed by atoms with Crippen LogP contribution >= 0.6 is 0 Å². The van der Waals surface area contributed by atoms with E-state index in [0.29, 0.717) is 11.6 Å². The van der Waals surface area contributed by atoms with E-state index in [-0.39, 0.29) is 11.5 Å². The molecule has 2 aromatic heterocycles. The fourth-order valence-electron chi connectivity index (χ4n) is 1.77. The van der Waals surface area contributed by atoms with E-state index in [0.717, 1.165) is 11.1 Å². The van der Waals surface area contributed by atoms with Gasteiger partial charge in [-0.1, -0.05) is 0 Å². The molecule has 0 unspecified atom stereocenters. The van der Waals surface area contributed by atoms with Crippen LogP contribution in [0.25, 0.3) is 11.5 Å². The number of amides is 1. The fraction of sp³-hybridized carbons (Fsp3) is 0.0833. The molecule has 0 fully saturated rings. The van der Waals surface area contributed by atoms with Gasteiger partial charge < -0.3 is 15.5 Å². The SMILES string of the molecule is Cc1cc(-c2nnco2)ccc1NC(=O)c1nonc1N. The molecule has 3 aromatic rings. The topological polar surface area (TPSA) is 133 Å². The van der Waals surface area contributed by atoms with Gasteiger partial charge in [-0.15, -0.1) is 10.2 Å². The molecule has 3 rings (SSSR count). The molecule has 3 N–H and O–H groups in total. The first-order chi connectivity index (χ1) is 10.1. The van der Waals surface area contributed by atoms with Crippen LogP contribution in [0.4, 0.5) is 11.5 Å². The Morgan fingerprint density at radius 1 is 1.33 bits per heavy atom. The highest BCUT2D eigenvalue weighted by molar-refractivity contribution is 6.05. The van der Waals surface area contributed by atoms with E-state index in [1.54, 1.807) is 12.1 Å². The summed E-state index contributed by atoms with van der Waals surface area (Å²) in [6.45, 7) is 1.83. The maximum atomic E-state index is 12.0. The van der Waals surface area contributed by atoms with Crippen LogP contribution in [-0.4, -0.2) is 26.4 Å². The second-order valence-electron chi connectivity index (χ2n) is 4.23. The number of aromatic nitrogens is 4. The Morgan fingerprint density at radius 2 is 2.19 bits per heavy atom. The minimum atomic E-state index is -0.498. The fourth-order valence-corrected chi connectivity index (χ4v) is 1.77. The molecule has 0 bridgehead atoms. The number of anilines is 2. The quantitative estimate of drug-likeness (QED) is 0.735. The molecule has 9 heteroatoms. The molecule has 1 aromatic carbocycles. The Morgan fingerprint density at radius 3 is 2.81 bits per heavy atom. The summed E-state index contributed by atoms with van der Waals surface area (Å²) in [4.78, 5) is 12.0. The number of benzene rings is 1. The molecule has 0 aliphatic rings. The molecule has 0 saturated heterocycles. The number of nitrogens with zero attached hydrogens (tertiary/aromatic N) is 4. The highest BCUT2D eigenvalue weighted by Gasteiger charge is 2.17. The third-order valence-electron chi connectivity index (χ3n) is 2.81. The van der Waals surface area contributed by atoms with E-state index < -0.39 is 5.91 Å². The second kappa shape index (κ2) is 5.04. The van der Waals surface area contributed by atoms with E-state index in [1.807, 2.05) is 13.0 Å². The van der Waals surface area contributed by atoms with Gasteiger partial charge in [0, 0.05) is 11.3 Å². The Balaban J connectivity index is 1.84. The minimum absolute atomic E-state index is 0.0598. The number of rotatable bonds is 3. The highest BCUT2D eigenvalue weighted by atomic mass is 16.6. The van der Waals surface area contributed by atoms with Gasteiger partial charge in [0.05, 0.1) is 0 Å². The van der Waals surface area contributed by atoms with Crippen molar-refractivity contribution < 1.29 is 13.8 Å². The van der Waals surface area contributed by atoms with E-state index in [2.05, 4.69) is 30.5 Å². The van der Waals surface area contributed by atoms with Crippen molar-refractivity contribution in [2.45, 2.75) is 6.92 Å². The summed E-state index contributed by atoms with van der Waals surface area (Å²) in [7, 11) is 0. The van der Waals surface area contributed by atoms with Crippen LogP contribution in [-0.2, 0) is 0 Å². The summed E-state index contributed by atoms with van der Waals surface area (Å²) in [6.07, 6.45) is 1.25. The lowest BCUT2D eigenvalue weighted by atomic mass is 10.1. The van der Waals surface area contributed by atoms with Gasteiger partial charge in [-0.25, -0.2) is 4.63 Å². The molecule has 0 atom stereocenters. The van der Waals surface area contributed by atoms with Crippen LogP contribution in [0.2, 0.25) is 0 Å². The predicted octanol–water partition coefficient (Wildman–Crippen LogP) is 1.26. The monoisotopic (exact) mass is 286 g/mol. The van der Waals surface area contributed by atoms with Crippen LogP contribution in [0.1, 0.15) is 16.1 Å². The lowest BCUT2D eigenvalue weighted by Crippen LogP contribution is -2.15. The summed E-state index contributed by atoms with van der Waals surface area (Å²) in [6, 6.07) is 5.28. The largest absolute Gasteiger partial charge is 0.423 e. The van der Waals surface area contributed by atoms with Gasteiger partial charge in [0.1, 0.15) is 0 Å². The third kappa shape index (κ3) is 2.43. The first-order valence-corrected chi connectivity index (χ1v) is 5.91. The van der Waals surface area contributed by atoms with Crippen molar-refractivity contribution in [1.82, 2.24) is 20.5 Å². The van der Waals surface area contributed by atoms with Crippen molar-refractivity contribution in [2.24, 2.45) is 0 Å². The molecular weight excluding hydrogens is 276 g/mol. The lowest BCUT2D eigenvalue weighted by Gasteiger charge is -2.07. The summed E-state index contributed by atoms with van der Waals surface area (Å²) in [5.74, 6) is -0.157. The maximum absolute atomic E-state index is 12.0. The van der Waals surface area contributed by atoms with Gasteiger partial charge in [-0.05, 0) is 41.0 Å². The average Bonchev–Trinajstić information content (AvgIpc) is 3.12. The molecule has 0 spiro atoms. The van der Waals surface area contributed by atoms with Crippen molar-refractivity contribution >= 4 is 17.4 Å². The normalized spacial score (nSPS) is 10.5. The van der Waals surface area contributed by atoms with E-state index in [1.165, 1.54) is 6.39 Å². The molecule has 0 radical (unpaired) electrons. The lowest BCUT2D eigenvalue weighted by molar-refractivity contribution is 0.101. The standard InChI is InChI=1S/C12H10N6O3/c1-6-4-7(12-16-14-5-20-12)2-3-8(6)15-11(19)9-10(13)18-21-17-9/h2-5H,1H3,(H2,13,18)(H,15,19). The first kappa shape index (κ1) is 12.8. The van der Waals surface area contributed by atoms with Crippen molar-refractivity contribution in [2.75, 3.05) is 11.1 Å². The summed E-state index contributed by atoms with van der Waals surface area (Å²) < 4.78 is 9.50. The Labute approximate surface area is 118 Å². The van der Waals surface area contributed by atoms with Crippen LogP contribution in [0.5, 0.6) is 0 Å². The number of nitrogens with two attached hydrogens (primary N) is 1. The molecule has 106 valence electrons. The van der Waals surface area contributed by atoms with Crippen molar-refractivity contribution in [3.63, 3.8) is 0 Å². The van der Waals surface area contributed by atoms with E-state index in [9.17, 15) is 4.79 Å². The van der Waals surface area contributed by atoms with Gasteiger partial charge >= 0.3 is 0 Å². The number of nitrogens with one attached hydrogen (secondary N) is 1. The highest BCUT2D eigenvalue weighted by Crippen LogP contribution is 2.23. The second-order valence-corrected chi connectivity index (χ2v) is 4.23. The van der Waals surface area contributed by atoms with Crippen molar-refractivity contribution in [3.8, 4) is 11.5 Å². The van der Waals surface area contributed by atoms with Crippen LogP contribution < -0.4 is 11.1 Å². The Bertz CT molecular complexity index is 780. The zero-order valence-corrected chi connectivity index (χ0v) is 10.9. The molecule has 2 heterocycles. The number of carbonyl (C=O) groups is 1. The van der Waals surface area contributed by atoms with Crippen LogP contribution in [0.15, 0.2) is 33.6 Å². The summed E-state index contributed by atoms with van der Waals surface area (Å²) in [5.41, 5.74) is 7.58. The Kier molecular flexibility index (Phi) is 3.07. The molecule has 0 aliphatic heterocycles. The van der Waals surface area contributed by atoms with Crippen LogP contribution in [0.3, 0.4) is 0 Å². The Hall–Kier alpha value is -3.23. The van der Waals surface area contributed by atoms with E-state index >= 15 is 0 Å². The first-order valence-electron chi connectivity index (χ1n) is 5.91. The van der Waals surface area contributed by atoms with Gasteiger partial charge in [-0.2, -0.15) is 0 Å². The zero-order valence-electron chi connectivity index (χ0n) is 10.9. The minimum Gasteiger partial charge on any atom is -0.423 e. The van der Waals surface area contributed by atoms with Gasteiger partial charge in [-0.3, -0.25) is 4.79 Å². The van der Waals surface area contributed by atoms with Crippen molar-refractivity contribution in [3.05, 3.63) is 35.9 Å². The summed E-state index contributed by atoms with van der Waals surface area (Å²) >= 11 is 0. The smallest absolute Gasteiger partial charge is 0.281 e. The third-order valence-corrected chi connectivity index (χ3v) is 2.81. The zero-order chi connectivity index (χ0) is 14.8. The number of nitrogen functional groups attached to an aromatic ring is 1. The van der Waals surface area contributed by atoms with Gasteiger partial charge in [0.15, 0.2) is 0 Å². The molecule has 1 amide bonds. The van der Waals surface area contributed by atoms with E-state index in [4.69, 9.17) is 10.2 Å². The van der Waals surface area contributed by atoms with Crippen molar-refractivity contribution in [1.29, 1.82) is 0 Å². The van der Waals surface area contributed by atoms with Gasteiger partial charge in [0.25, 0.3) is 5.91 Å².